The second-order valence-corrected chi connectivity index (χ2v) is 18.6. The van der Waals surface area contributed by atoms with Gasteiger partial charge in [0.15, 0.2) is 0 Å². The number of benzene rings is 4. The minimum absolute atomic E-state index is 1.28. The standard InChI is InChI=1S/C20H12.2ClH.2Hg/c1-3-11-17-15(7-1)9-5-13-19(17)20-14-6-10-16-8-2-4-12-18(16)20;;;;/h1-12H;2*1H;;/q;;;2*+1/p-2. The summed E-state index contributed by atoms with van der Waals surface area (Å²) in [6.07, 6.45) is 0. The molecule has 4 aromatic carbocycles. The zero-order valence-electron chi connectivity index (χ0n) is 13.1. The number of halogens is 2. The molecule has 0 aromatic heterocycles. The second kappa shape index (κ2) is 7.61. The summed E-state index contributed by atoms with van der Waals surface area (Å²) in [4.78, 5) is 0. The van der Waals surface area contributed by atoms with Crippen LogP contribution in [0.4, 0.5) is 0 Å². The Bertz CT molecular complexity index is 959. The van der Waals surface area contributed by atoms with Crippen molar-refractivity contribution in [2.45, 2.75) is 0 Å². The second-order valence-electron chi connectivity index (χ2n) is 5.91. The maximum atomic E-state index is 6.54. The van der Waals surface area contributed by atoms with E-state index in [1.165, 1.54) is 38.8 Å². The van der Waals surface area contributed by atoms with Gasteiger partial charge in [-0.2, -0.15) is 0 Å². The van der Waals surface area contributed by atoms with Crippen molar-refractivity contribution >= 4 is 44.2 Å². The molecule has 0 aliphatic rings. The quantitative estimate of drug-likeness (QED) is 0.249. The van der Waals surface area contributed by atoms with E-state index in [2.05, 4.69) is 72.8 Å². The molecule has 0 bridgehead atoms. The van der Waals surface area contributed by atoms with Crippen molar-refractivity contribution in [3.05, 3.63) is 72.8 Å². The van der Waals surface area contributed by atoms with Crippen molar-refractivity contribution in [2.75, 3.05) is 0 Å². The molecule has 0 radical (unpaired) electrons. The van der Waals surface area contributed by atoms with Gasteiger partial charge < -0.3 is 0 Å². The van der Waals surface area contributed by atoms with Crippen molar-refractivity contribution in [1.82, 2.24) is 0 Å². The molecule has 0 amide bonds. The van der Waals surface area contributed by atoms with E-state index in [0.29, 0.717) is 0 Å². The van der Waals surface area contributed by atoms with Crippen LogP contribution in [0, 0.1) is 0 Å². The number of fused-ring (bicyclic) bond motifs is 2. The van der Waals surface area contributed by atoms with Crippen LogP contribution in [-0.4, -0.2) is 0 Å². The molecule has 0 atom stereocenters. The van der Waals surface area contributed by atoms with Crippen LogP contribution in [-0.2, 0) is 46.7 Å². The molecule has 0 N–H and O–H groups in total. The zero-order chi connectivity index (χ0) is 16.5. The van der Waals surface area contributed by atoms with E-state index in [9.17, 15) is 0 Å². The molecule has 0 nitrogen and oxygen atoms in total. The Labute approximate surface area is 172 Å². The summed E-state index contributed by atoms with van der Waals surface area (Å²) in [5.74, 6) is 0. The summed E-state index contributed by atoms with van der Waals surface area (Å²) >= 11 is -3.18. The van der Waals surface area contributed by atoms with Crippen LogP contribution in [0.25, 0.3) is 32.7 Å². The summed E-state index contributed by atoms with van der Waals surface area (Å²) < 4.78 is 2.79. The van der Waals surface area contributed by atoms with E-state index in [1.54, 1.807) is 0 Å². The maximum absolute atomic E-state index is 6.54. The first kappa shape index (κ1) is 17.3. The van der Waals surface area contributed by atoms with E-state index < -0.39 is 46.7 Å². The molecule has 24 heavy (non-hydrogen) atoms. The normalized spacial score (nSPS) is 10.6. The van der Waals surface area contributed by atoms with Crippen LogP contribution >= 0.6 is 16.5 Å². The van der Waals surface area contributed by atoms with E-state index in [0.717, 1.165) is 0 Å². The fraction of sp³-hybridized carbons (Fsp3) is 0. The molecule has 0 aliphatic heterocycles. The van der Waals surface area contributed by atoms with Crippen LogP contribution < -0.4 is 6.14 Å². The molecule has 0 aliphatic carbocycles. The summed E-state index contributed by atoms with van der Waals surface area (Å²) in [6, 6.07) is 26.2. The molecule has 0 saturated carbocycles. The Morgan fingerprint density at radius 1 is 0.500 bits per heavy atom. The first-order valence-corrected chi connectivity index (χ1v) is 27.0. The fourth-order valence-electron chi connectivity index (χ4n) is 3.45. The molecule has 0 heterocycles. The molecular formula is C20H12Cl2Hg2. The average molecular weight is 724 g/mol. The topological polar surface area (TPSA) is 0 Å². The Morgan fingerprint density at radius 3 is 1.33 bits per heavy atom. The van der Waals surface area contributed by atoms with Gasteiger partial charge in [-0.15, -0.1) is 0 Å². The third-order valence-electron chi connectivity index (χ3n) is 4.57. The average Bonchev–Trinajstić information content (AvgIpc) is 2.66. The van der Waals surface area contributed by atoms with Crippen molar-refractivity contribution in [2.24, 2.45) is 0 Å². The molecule has 0 unspecified atom stereocenters. The number of rotatable bonds is 3. The zero-order valence-corrected chi connectivity index (χ0v) is 25.6. The minimum atomic E-state index is -1.59. The van der Waals surface area contributed by atoms with Gasteiger partial charge in [-0.05, 0) is 0 Å². The predicted molar refractivity (Wildman–Crippen MR) is 97.9 cm³/mol. The molecular weight excluding hydrogens is 712 g/mol. The van der Waals surface area contributed by atoms with Crippen LogP contribution in [0.1, 0.15) is 0 Å². The van der Waals surface area contributed by atoms with E-state index in [-0.39, 0.29) is 0 Å². The summed E-state index contributed by atoms with van der Waals surface area (Å²) in [5, 5.41) is 5.18. The van der Waals surface area contributed by atoms with Crippen LogP contribution in [0.15, 0.2) is 72.8 Å². The van der Waals surface area contributed by atoms with Gasteiger partial charge in [0.2, 0.25) is 0 Å². The van der Waals surface area contributed by atoms with Gasteiger partial charge in [0, 0.05) is 0 Å². The summed E-state index contributed by atoms with van der Waals surface area (Å²) in [6.45, 7) is 0. The van der Waals surface area contributed by atoms with Crippen LogP contribution in [0.5, 0.6) is 0 Å². The first-order valence-electron chi connectivity index (χ1n) is 7.97. The molecule has 110 valence electrons. The van der Waals surface area contributed by atoms with E-state index >= 15 is 0 Å². The Morgan fingerprint density at radius 2 is 0.917 bits per heavy atom. The van der Waals surface area contributed by atoms with E-state index in [4.69, 9.17) is 16.5 Å². The van der Waals surface area contributed by atoms with Gasteiger partial charge in [-0.1, -0.05) is 0 Å². The molecule has 0 spiro atoms. The van der Waals surface area contributed by atoms with Gasteiger partial charge in [-0.3, -0.25) is 0 Å². The van der Waals surface area contributed by atoms with Crippen molar-refractivity contribution in [3.8, 4) is 11.1 Å². The van der Waals surface area contributed by atoms with E-state index in [1.807, 2.05) is 0 Å². The molecule has 4 rings (SSSR count). The van der Waals surface area contributed by atoms with Crippen LogP contribution in [0.2, 0.25) is 0 Å². The van der Waals surface area contributed by atoms with Gasteiger partial charge in [0.05, 0.1) is 0 Å². The SMILES string of the molecule is [Cl][Hg][c]1ccc2ccccc2c1-c1[c]([Hg][Cl])ccc2ccccc12. The molecule has 4 heteroatoms. The summed E-state index contributed by atoms with van der Waals surface area (Å²) in [7, 11) is 13.1. The Hall–Kier alpha value is -0.150. The van der Waals surface area contributed by atoms with Gasteiger partial charge in [-0.25, -0.2) is 0 Å². The Balaban J connectivity index is 2.21. The fourth-order valence-corrected chi connectivity index (χ4v) is 12.9. The Kier molecular flexibility index (Phi) is 5.48. The van der Waals surface area contributed by atoms with Crippen molar-refractivity contribution in [3.63, 3.8) is 0 Å². The summed E-state index contributed by atoms with van der Waals surface area (Å²) in [5.41, 5.74) is 2.72. The third kappa shape index (κ3) is 3.05. The molecule has 0 saturated heterocycles. The third-order valence-corrected chi connectivity index (χ3v) is 16.4. The predicted octanol–water partition coefficient (Wildman–Crippen LogP) is 5.38. The molecule has 4 aromatic rings. The van der Waals surface area contributed by atoms with Crippen molar-refractivity contribution < 1.29 is 46.7 Å². The monoisotopic (exact) mass is 726 g/mol. The van der Waals surface area contributed by atoms with Gasteiger partial charge in [0.25, 0.3) is 0 Å². The number of hydrogen-bond acceptors (Lipinski definition) is 0. The van der Waals surface area contributed by atoms with Crippen LogP contribution in [0.3, 0.4) is 0 Å². The first-order chi connectivity index (χ1) is 11.8. The molecule has 0 fully saturated rings. The van der Waals surface area contributed by atoms with Gasteiger partial charge >= 0.3 is 175 Å². The number of hydrogen-bond donors (Lipinski definition) is 0. The van der Waals surface area contributed by atoms with Gasteiger partial charge in [0.1, 0.15) is 0 Å². The van der Waals surface area contributed by atoms with Crippen molar-refractivity contribution in [1.29, 1.82) is 0 Å².